The van der Waals surface area contributed by atoms with Crippen molar-refractivity contribution >= 4 is 0 Å². The number of nitrogens with two attached hydrogens (primary N) is 1. The highest BCUT2D eigenvalue weighted by molar-refractivity contribution is 4.96. The van der Waals surface area contributed by atoms with Gasteiger partial charge in [-0.1, -0.05) is 6.92 Å². The first-order valence-corrected chi connectivity index (χ1v) is 3.98. The fraction of sp³-hybridized carbons (Fsp3) is 0.625. The molecule has 0 amide bonds. The van der Waals surface area contributed by atoms with Crippen LogP contribution in [0.25, 0.3) is 0 Å². The molecule has 1 aromatic heterocycles. The summed E-state index contributed by atoms with van der Waals surface area (Å²) in [6.07, 6.45) is 2.80. The summed E-state index contributed by atoms with van der Waals surface area (Å²) in [5, 5.41) is 4.14. The third-order valence-corrected chi connectivity index (χ3v) is 1.86. The van der Waals surface area contributed by atoms with E-state index in [-0.39, 0.29) is 6.04 Å². The van der Waals surface area contributed by atoms with Gasteiger partial charge in [-0.25, -0.2) is 0 Å². The van der Waals surface area contributed by atoms with Crippen molar-refractivity contribution < 1.29 is 0 Å². The fourth-order valence-corrected chi connectivity index (χ4v) is 0.941. The Labute approximate surface area is 67.2 Å². The summed E-state index contributed by atoms with van der Waals surface area (Å²) in [5.41, 5.74) is 6.95. The Bertz CT molecular complexity index is 217. The van der Waals surface area contributed by atoms with Gasteiger partial charge in [0.15, 0.2) is 0 Å². The average molecular weight is 153 g/mol. The third kappa shape index (κ3) is 2.05. The van der Waals surface area contributed by atoms with Crippen molar-refractivity contribution in [1.82, 2.24) is 9.78 Å². The highest BCUT2D eigenvalue weighted by Crippen LogP contribution is 1.98. The lowest BCUT2D eigenvalue weighted by Crippen LogP contribution is -2.26. The number of hydrogen-bond donors (Lipinski definition) is 1. The molecule has 0 bridgehead atoms. The molecule has 0 radical (unpaired) electrons. The van der Waals surface area contributed by atoms with Gasteiger partial charge in [0.25, 0.3) is 0 Å². The molecular formula is C8H15N3. The summed E-state index contributed by atoms with van der Waals surface area (Å²) >= 11 is 0. The topological polar surface area (TPSA) is 43.8 Å². The van der Waals surface area contributed by atoms with Crippen molar-refractivity contribution in [2.75, 3.05) is 0 Å². The zero-order valence-electron chi connectivity index (χ0n) is 7.12. The maximum absolute atomic E-state index is 5.77. The first-order valence-electron chi connectivity index (χ1n) is 3.98. The van der Waals surface area contributed by atoms with Crippen LogP contribution in [0.4, 0.5) is 0 Å². The Kier molecular flexibility index (Phi) is 2.65. The van der Waals surface area contributed by atoms with E-state index in [0.29, 0.717) is 0 Å². The molecule has 3 heteroatoms. The Morgan fingerprint density at radius 3 is 2.91 bits per heavy atom. The Balaban J connectivity index is 2.56. The minimum absolute atomic E-state index is 0.230. The molecule has 0 fully saturated rings. The van der Waals surface area contributed by atoms with Gasteiger partial charge in [0.05, 0.1) is 6.54 Å². The molecule has 0 saturated carbocycles. The maximum Gasteiger partial charge on any atom is 0.0563 e. The zero-order chi connectivity index (χ0) is 8.27. The van der Waals surface area contributed by atoms with Crippen LogP contribution >= 0.6 is 0 Å². The highest BCUT2D eigenvalue weighted by atomic mass is 15.3. The third-order valence-electron chi connectivity index (χ3n) is 1.86. The number of aryl methyl sites for hydroxylation is 1. The van der Waals surface area contributed by atoms with Crippen molar-refractivity contribution in [3.8, 4) is 0 Å². The first-order chi connectivity index (χ1) is 5.24. The van der Waals surface area contributed by atoms with Gasteiger partial charge in [-0.3, -0.25) is 4.68 Å². The van der Waals surface area contributed by atoms with Crippen LogP contribution in [0.2, 0.25) is 0 Å². The average Bonchev–Trinajstić information content (AvgIpc) is 2.37. The monoisotopic (exact) mass is 153 g/mol. The van der Waals surface area contributed by atoms with Crippen LogP contribution in [0.1, 0.15) is 19.0 Å². The lowest BCUT2D eigenvalue weighted by atomic mass is 10.2. The molecule has 0 saturated heterocycles. The van der Waals surface area contributed by atoms with Gasteiger partial charge in [-0.2, -0.15) is 5.10 Å². The van der Waals surface area contributed by atoms with Gasteiger partial charge < -0.3 is 5.73 Å². The number of nitrogens with zero attached hydrogens (tertiary/aromatic N) is 2. The second-order valence-corrected chi connectivity index (χ2v) is 2.82. The second-order valence-electron chi connectivity index (χ2n) is 2.82. The van der Waals surface area contributed by atoms with Crippen LogP contribution in [0.5, 0.6) is 0 Å². The molecule has 1 heterocycles. The van der Waals surface area contributed by atoms with E-state index in [9.17, 15) is 0 Å². The predicted octanol–water partition coefficient (Wildman–Crippen LogP) is 0.929. The molecule has 0 aliphatic carbocycles. The van der Waals surface area contributed by atoms with E-state index in [1.54, 1.807) is 6.20 Å². The van der Waals surface area contributed by atoms with Gasteiger partial charge in [0.2, 0.25) is 0 Å². The van der Waals surface area contributed by atoms with Crippen molar-refractivity contribution in [2.45, 2.75) is 32.9 Å². The summed E-state index contributed by atoms with van der Waals surface area (Å²) in [4.78, 5) is 0. The maximum atomic E-state index is 5.77. The quantitative estimate of drug-likeness (QED) is 0.702. The van der Waals surface area contributed by atoms with Crippen molar-refractivity contribution in [3.05, 3.63) is 18.0 Å². The van der Waals surface area contributed by atoms with Crippen LogP contribution < -0.4 is 5.73 Å². The fourth-order valence-electron chi connectivity index (χ4n) is 0.941. The number of rotatable bonds is 3. The van der Waals surface area contributed by atoms with E-state index in [0.717, 1.165) is 13.0 Å². The molecule has 62 valence electrons. The molecular weight excluding hydrogens is 138 g/mol. The van der Waals surface area contributed by atoms with E-state index < -0.39 is 0 Å². The van der Waals surface area contributed by atoms with Crippen LogP contribution in [-0.4, -0.2) is 15.8 Å². The van der Waals surface area contributed by atoms with Gasteiger partial charge in [-0.15, -0.1) is 0 Å². The van der Waals surface area contributed by atoms with Crippen LogP contribution in [-0.2, 0) is 6.54 Å². The largest absolute Gasteiger partial charge is 0.326 e. The molecule has 1 aromatic rings. The second kappa shape index (κ2) is 3.53. The van der Waals surface area contributed by atoms with E-state index in [4.69, 9.17) is 5.73 Å². The number of hydrogen-bond acceptors (Lipinski definition) is 2. The SMILES string of the molecule is CC[C@@H](N)Cn1nccc1C. The standard InChI is InChI=1S/C8H15N3/c1-3-8(9)6-11-7(2)4-5-10-11/h4-5,8H,3,6,9H2,1-2H3/t8-/m1/s1. The van der Waals surface area contributed by atoms with Gasteiger partial charge in [0.1, 0.15) is 0 Å². The normalized spacial score (nSPS) is 13.4. The van der Waals surface area contributed by atoms with Crippen molar-refractivity contribution in [3.63, 3.8) is 0 Å². The Morgan fingerprint density at radius 1 is 1.73 bits per heavy atom. The van der Waals surface area contributed by atoms with Gasteiger partial charge in [0, 0.05) is 17.9 Å². The molecule has 11 heavy (non-hydrogen) atoms. The van der Waals surface area contributed by atoms with Gasteiger partial charge in [-0.05, 0) is 19.4 Å². The highest BCUT2D eigenvalue weighted by Gasteiger charge is 2.01. The van der Waals surface area contributed by atoms with Crippen LogP contribution in [0.15, 0.2) is 12.3 Å². The smallest absolute Gasteiger partial charge is 0.0563 e. The molecule has 2 N–H and O–H groups in total. The summed E-state index contributed by atoms with van der Waals surface area (Å²) in [6, 6.07) is 2.22. The van der Waals surface area contributed by atoms with Crippen molar-refractivity contribution in [1.29, 1.82) is 0 Å². The van der Waals surface area contributed by atoms with Crippen LogP contribution in [0.3, 0.4) is 0 Å². The Morgan fingerprint density at radius 2 is 2.45 bits per heavy atom. The van der Waals surface area contributed by atoms with Crippen LogP contribution in [0, 0.1) is 6.92 Å². The zero-order valence-corrected chi connectivity index (χ0v) is 7.12. The lowest BCUT2D eigenvalue weighted by molar-refractivity contribution is 0.492. The van der Waals surface area contributed by atoms with Gasteiger partial charge >= 0.3 is 0 Å². The molecule has 0 spiro atoms. The van der Waals surface area contributed by atoms with E-state index in [1.807, 2.05) is 17.7 Å². The molecule has 0 aliphatic rings. The summed E-state index contributed by atoms with van der Waals surface area (Å²) in [6.45, 7) is 4.95. The predicted molar refractivity (Wildman–Crippen MR) is 45.2 cm³/mol. The molecule has 0 aliphatic heterocycles. The molecule has 0 unspecified atom stereocenters. The van der Waals surface area contributed by atoms with E-state index >= 15 is 0 Å². The summed E-state index contributed by atoms with van der Waals surface area (Å²) in [7, 11) is 0. The molecule has 3 nitrogen and oxygen atoms in total. The van der Waals surface area contributed by atoms with E-state index in [1.165, 1.54) is 5.69 Å². The Hall–Kier alpha value is -0.830. The molecule has 1 atom stereocenters. The minimum Gasteiger partial charge on any atom is -0.326 e. The molecule has 0 aromatic carbocycles. The van der Waals surface area contributed by atoms with Crippen molar-refractivity contribution in [2.24, 2.45) is 5.73 Å². The first kappa shape index (κ1) is 8.27. The minimum atomic E-state index is 0.230. The molecule has 1 rings (SSSR count). The van der Waals surface area contributed by atoms with E-state index in [2.05, 4.69) is 12.0 Å². The number of aromatic nitrogens is 2. The summed E-state index contributed by atoms with van der Waals surface area (Å²) in [5.74, 6) is 0. The lowest BCUT2D eigenvalue weighted by Gasteiger charge is -2.09. The summed E-state index contributed by atoms with van der Waals surface area (Å²) < 4.78 is 1.94.